The van der Waals surface area contributed by atoms with E-state index in [0.29, 0.717) is 17.1 Å². The Balaban J connectivity index is 2.19. The molecular weight excluding hydrogens is 272 g/mol. The van der Waals surface area contributed by atoms with Crippen molar-refractivity contribution >= 4 is 11.3 Å². The molecule has 0 saturated carbocycles. The zero-order valence-electron chi connectivity index (χ0n) is 10.8. The summed E-state index contributed by atoms with van der Waals surface area (Å²) in [6, 6.07) is 11.7. The summed E-state index contributed by atoms with van der Waals surface area (Å²) in [6.07, 6.45) is 0. The third-order valence-corrected chi connectivity index (χ3v) is 4.19. The zero-order valence-corrected chi connectivity index (χ0v) is 11.6. The van der Waals surface area contributed by atoms with E-state index in [1.807, 2.05) is 29.6 Å². The third kappa shape index (κ3) is 1.91. The van der Waals surface area contributed by atoms with Gasteiger partial charge in [-0.25, -0.2) is 0 Å². The van der Waals surface area contributed by atoms with E-state index >= 15 is 0 Å². The van der Waals surface area contributed by atoms with Gasteiger partial charge in [0.2, 0.25) is 5.88 Å². The molecule has 5 heteroatoms. The molecule has 0 spiro atoms. The molecular formula is C15H12N2O2S. The Labute approximate surface area is 120 Å². The van der Waals surface area contributed by atoms with Crippen LogP contribution in [0.2, 0.25) is 0 Å². The second-order valence-corrected chi connectivity index (χ2v) is 5.32. The number of nitrogens with zero attached hydrogens (tertiary/aromatic N) is 1. The number of nitrogens with two attached hydrogens (primary N) is 1. The van der Waals surface area contributed by atoms with Crippen molar-refractivity contribution in [2.45, 2.75) is 5.92 Å². The number of benzene rings is 1. The molecule has 0 amide bonds. The smallest absolute Gasteiger partial charge is 0.205 e. The van der Waals surface area contributed by atoms with Crippen molar-refractivity contribution in [2.75, 3.05) is 7.11 Å². The van der Waals surface area contributed by atoms with Gasteiger partial charge in [0.05, 0.1) is 13.0 Å². The topological polar surface area (TPSA) is 68.3 Å². The average Bonchev–Trinajstić information content (AvgIpc) is 2.98. The highest BCUT2D eigenvalue weighted by Gasteiger charge is 2.31. The molecule has 1 aromatic heterocycles. The molecule has 1 aromatic carbocycles. The van der Waals surface area contributed by atoms with Crippen LogP contribution >= 0.6 is 11.3 Å². The molecule has 4 nitrogen and oxygen atoms in total. The van der Waals surface area contributed by atoms with Crippen molar-refractivity contribution < 1.29 is 9.47 Å². The first-order chi connectivity index (χ1) is 9.74. The molecule has 3 rings (SSSR count). The van der Waals surface area contributed by atoms with E-state index in [1.165, 1.54) is 0 Å². The number of nitriles is 1. The fourth-order valence-electron chi connectivity index (χ4n) is 2.31. The third-order valence-electron chi connectivity index (χ3n) is 3.25. The highest BCUT2D eigenvalue weighted by molar-refractivity contribution is 7.10. The summed E-state index contributed by atoms with van der Waals surface area (Å²) in [5.41, 5.74) is 7.27. The predicted molar refractivity (Wildman–Crippen MR) is 76.6 cm³/mol. The SMILES string of the molecule is COc1ccc2c(c1)OC(N)=C(C#N)[C@@H]2c1cccs1. The van der Waals surface area contributed by atoms with E-state index in [-0.39, 0.29) is 11.8 Å². The monoisotopic (exact) mass is 284 g/mol. The van der Waals surface area contributed by atoms with Gasteiger partial charge in [-0.3, -0.25) is 0 Å². The molecule has 0 radical (unpaired) electrons. The second kappa shape index (κ2) is 4.91. The molecule has 0 saturated heterocycles. The molecule has 0 fully saturated rings. The summed E-state index contributed by atoms with van der Waals surface area (Å²) >= 11 is 1.60. The molecule has 20 heavy (non-hydrogen) atoms. The van der Waals surface area contributed by atoms with Crippen molar-refractivity contribution in [3.63, 3.8) is 0 Å². The van der Waals surface area contributed by atoms with Crippen LogP contribution < -0.4 is 15.2 Å². The number of hydrogen-bond acceptors (Lipinski definition) is 5. The van der Waals surface area contributed by atoms with Crippen LogP contribution in [0.3, 0.4) is 0 Å². The first-order valence-electron chi connectivity index (χ1n) is 6.03. The van der Waals surface area contributed by atoms with Gasteiger partial charge < -0.3 is 15.2 Å². The van der Waals surface area contributed by atoms with Crippen LogP contribution in [0.5, 0.6) is 11.5 Å². The lowest BCUT2D eigenvalue weighted by molar-refractivity contribution is 0.381. The lowest BCUT2D eigenvalue weighted by atomic mass is 9.88. The van der Waals surface area contributed by atoms with Gasteiger partial charge in [-0.1, -0.05) is 12.1 Å². The molecule has 2 aromatic rings. The predicted octanol–water partition coefficient (Wildman–Crippen LogP) is 2.97. The van der Waals surface area contributed by atoms with E-state index < -0.39 is 0 Å². The van der Waals surface area contributed by atoms with Crippen LogP contribution in [-0.2, 0) is 0 Å². The maximum Gasteiger partial charge on any atom is 0.205 e. The largest absolute Gasteiger partial charge is 0.497 e. The van der Waals surface area contributed by atoms with Crippen molar-refractivity contribution in [3.8, 4) is 17.6 Å². The maximum atomic E-state index is 9.37. The van der Waals surface area contributed by atoms with Crippen LogP contribution in [0.25, 0.3) is 0 Å². The molecule has 1 aliphatic rings. The molecule has 2 heterocycles. The Hall–Kier alpha value is -2.45. The second-order valence-electron chi connectivity index (χ2n) is 4.34. The van der Waals surface area contributed by atoms with Gasteiger partial charge in [-0.2, -0.15) is 5.26 Å². The van der Waals surface area contributed by atoms with Crippen LogP contribution in [0.4, 0.5) is 0 Å². The molecule has 1 aliphatic heterocycles. The highest BCUT2D eigenvalue weighted by atomic mass is 32.1. The van der Waals surface area contributed by atoms with Gasteiger partial charge in [0.15, 0.2) is 0 Å². The average molecular weight is 284 g/mol. The summed E-state index contributed by atoms with van der Waals surface area (Å²) < 4.78 is 10.8. The zero-order chi connectivity index (χ0) is 14.1. The Morgan fingerprint density at radius 2 is 2.25 bits per heavy atom. The Kier molecular flexibility index (Phi) is 3.09. The van der Waals surface area contributed by atoms with Crippen molar-refractivity contribution in [3.05, 3.63) is 57.6 Å². The molecule has 1 atom stereocenters. The quantitative estimate of drug-likeness (QED) is 0.920. The summed E-state index contributed by atoms with van der Waals surface area (Å²) in [4.78, 5) is 1.07. The molecule has 0 aliphatic carbocycles. The van der Waals surface area contributed by atoms with Gasteiger partial charge in [0.1, 0.15) is 23.1 Å². The minimum Gasteiger partial charge on any atom is -0.497 e. The lowest BCUT2D eigenvalue weighted by Gasteiger charge is -2.25. The summed E-state index contributed by atoms with van der Waals surface area (Å²) in [7, 11) is 1.60. The van der Waals surface area contributed by atoms with E-state index in [4.69, 9.17) is 15.2 Å². The Bertz CT molecular complexity index is 714. The Morgan fingerprint density at radius 1 is 1.40 bits per heavy atom. The minimum atomic E-state index is -0.172. The highest BCUT2D eigenvalue weighted by Crippen LogP contribution is 2.44. The van der Waals surface area contributed by atoms with E-state index in [2.05, 4.69) is 6.07 Å². The molecule has 0 unspecified atom stereocenters. The van der Waals surface area contributed by atoms with Crippen LogP contribution in [0, 0.1) is 11.3 Å². The minimum absolute atomic E-state index is 0.159. The van der Waals surface area contributed by atoms with Gasteiger partial charge in [-0.15, -0.1) is 11.3 Å². The molecule has 100 valence electrons. The molecule has 0 bridgehead atoms. The van der Waals surface area contributed by atoms with Crippen molar-refractivity contribution in [1.82, 2.24) is 0 Å². The summed E-state index contributed by atoms with van der Waals surface area (Å²) in [5.74, 6) is 1.32. The number of hydrogen-bond donors (Lipinski definition) is 1. The van der Waals surface area contributed by atoms with Gasteiger partial charge in [0, 0.05) is 16.5 Å². The standard InChI is InChI=1S/C15H12N2O2S/c1-18-9-4-5-10-12(7-9)19-15(17)11(8-16)14(10)13-3-2-6-20-13/h2-7,14H,17H2,1H3/t14-/m1/s1. The number of methoxy groups -OCH3 is 1. The first-order valence-corrected chi connectivity index (χ1v) is 6.91. The molecule has 2 N–H and O–H groups in total. The fourth-order valence-corrected chi connectivity index (χ4v) is 3.16. The number of rotatable bonds is 2. The first kappa shape index (κ1) is 12.6. The van der Waals surface area contributed by atoms with Gasteiger partial charge in [0.25, 0.3) is 0 Å². The summed E-state index contributed by atoms with van der Waals surface area (Å²) in [6.45, 7) is 0. The van der Waals surface area contributed by atoms with Crippen molar-refractivity contribution in [2.24, 2.45) is 5.73 Å². The fraction of sp³-hybridized carbons (Fsp3) is 0.133. The lowest BCUT2D eigenvalue weighted by Crippen LogP contribution is -2.20. The van der Waals surface area contributed by atoms with Gasteiger partial charge >= 0.3 is 0 Å². The number of thiophene rings is 1. The van der Waals surface area contributed by atoms with Crippen LogP contribution in [0.15, 0.2) is 47.2 Å². The number of ether oxygens (including phenoxy) is 2. The van der Waals surface area contributed by atoms with Crippen LogP contribution in [-0.4, -0.2) is 7.11 Å². The number of allylic oxidation sites excluding steroid dienone is 1. The maximum absolute atomic E-state index is 9.37. The Morgan fingerprint density at radius 3 is 2.90 bits per heavy atom. The van der Waals surface area contributed by atoms with E-state index in [0.717, 1.165) is 10.4 Å². The normalized spacial score (nSPS) is 17.1. The summed E-state index contributed by atoms with van der Waals surface area (Å²) in [5, 5.41) is 11.4. The number of fused-ring (bicyclic) bond motifs is 1. The van der Waals surface area contributed by atoms with Crippen molar-refractivity contribution in [1.29, 1.82) is 5.26 Å². The van der Waals surface area contributed by atoms with Crippen LogP contribution in [0.1, 0.15) is 16.4 Å². The van der Waals surface area contributed by atoms with E-state index in [9.17, 15) is 5.26 Å². The van der Waals surface area contributed by atoms with E-state index in [1.54, 1.807) is 24.5 Å². The van der Waals surface area contributed by atoms with Gasteiger partial charge in [-0.05, 0) is 17.5 Å².